The second kappa shape index (κ2) is 19.6. The van der Waals surface area contributed by atoms with Crippen LogP contribution in [0.4, 0.5) is 0 Å². The monoisotopic (exact) mass is 664 g/mol. The van der Waals surface area contributed by atoms with E-state index < -0.39 is 94.6 Å². The minimum atomic E-state index is -5.23. The van der Waals surface area contributed by atoms with Crippen molar-refractivity contribution in [3.05, 3.63) is 0 Å². The molecule has 3 aliphatic rings. The molecule has 22 heteroatoms. The Labute approximate surface area is 305 Å². The summed E-state index contributed by atoms with van der Waals surface area (Å²) in [5.74, 6) is -1.25. The van der Waals surface area contributed by atoms with Gasteiger partial charge >= 0.3 is 88.7 Å². The summed E-state index contributed by atoms with van der Waals surface area (Å²) in [6.45, 7) is 4.06. The normalized spacial score (nSPS) is 35.4. The van der Waals surface area contributed by atoms with Gasteiger partial charge in [0.1, 0.15) is 48.8 Å². The van der Waals surface area contributed by atoms with Crippen molar-refractivity contribution in [2.75, 3.05) is 20.3 Å². The number of carboxylic acid groups (broad SMARTS) is 1. The van der Waals surface area contributed by atoms with Gasteiger partial charge < -0.3 is 52.9 Å². The maximum Gasteiger partial charge on any atom is 1.00 e. The first-order chi connectivity index (χ1) is 17.5. The van der Waals surface area contributed by atoms with Crippen LogP contribution >= 0.6 is 0 Å². The van der Waals surface area contributed by atoms with Gasteiger partial charge in [0, 0.05) is 13.1 Å². The molecule has 2 bridgehead atoms. The van der Waals surface area contributed by atoms with E-state index in [9.17, 15) is 46.1 Å². The van der Waals surface area contributed by atoms with Crippen LogP contribution in [-0.2, 0) is 57.6 Å². The van der Waals surface area contributed by atoms with Crippen LogP contribution in [-0.4, -0.2) is 124 Å². The Morgan fingerprint density at radius 2 is 1.54 bits per heavy atom. The van der Waals surface area contributed by atoms with Crippen LogP contribution in [0.1, 0.15) is 27.2 Å². The summed E-state index contributed by atoms with van der Waals surface area (Å²) in [7, 11) is -9.24. The van der Waals surface area contributed by atoms with E-state index >= 15 is 0 Å². The molecule has 0 aromatic rings. The van der Waals surface area contributed by atoms with Crippen molar-refractivity contribution in [3.63, 3.8) is 0 Å². The number of carboxylic acids is 1. The molecule has 0 amide bonds. The molecule has 3 rings (SSSR count). The van der Waals surface area contributed by atoms with E-state index in [1.54, 1.807) is 6.92 Å². The number of hydrogen-bond acceptors (Lipinski definition) is 17. The average molecular weight is 665 g/mol. The quantitative estimate of drug-likeness (QED) is 0.125. The minimum Gasteiger partial charge on any atom is -0.726 e. The molecule has 3 heterocycles. The molecule has 0 radical (unpaired) electrons. The number of fused-ring (bicyclic) bond motifs is 2. The van der Waals surface area contributed by atoms with Crippen molar-refractivity contribution < 1.29 is 167 Å². The Morgan fingerprint density at radius 3 is 1.95 bits per heavy atom. The fourth-order valence-corrected chi connectivity index (χ4v) is 5.10. The third-order valence-electron chi connectivity index (χ3n) is 6.15. The number of aliphatic hydroxyl groups excluding tert-OH is 2. The van der Waals surface area contributed by atoms with Gasteiger partial charge in [-0.1, -0.05) is 13.8 Å². The number of ether oxygens (including phenoxy) is 5. The maximum atomic E-state index is 11.1. The van der Waals surface area contributed by atoms with Crippen molar-refractivity contribution in [1.29, 1.82) is 0 Å². The predicted molar refractivity (Wildman–Crippen MR) is 115 cm³/mol. The average Bonchev–Trinajstić information content (AvgIpc) is 3.11. The van der Waals surface area contributed by atoms with Crippen LogP contribution in [0.25, 0.3) is 0 Å². The Hall–Kier alpha value is 1.93. The first kappa shape index (κ1) is 45.1. The molecule has 2 N–H and O–H groups in total. The number of aliphatic hydroxyl groups is 2. The van der Waals surface area contributed by atoms with E-state index in [2.05, 4.69) is 8.37 Å². The fourth-order valence-electron chi connectivity index (χ4n) is 4.06. The molecular weight excluding hydrogens is 633 g/mol. The number of aliphatic carboxylic acids is 1. The van der Waals surface area contributed by atoms with Crippen LogP contribution in [0.5, 0.6) is 0 Å². The number of methoxy groups -OCH3 is 1. The van der Waals surface area contributed by atoms with Gasteiger partial charge in [-0.05, 0) is 19.3 Å². The Morgan fingerprint density at radius 1 is 1.00 bits per heavy atom. The smallest absolute Gasteiger partial charge is 0.726 e. The zero-order valence-corrected chi connectivity index (χ0v) is 31.4. The van der Waals surface area contributed by atoms with Gasteiger partial charge in [0.05, 0.1) is 19.3 Å². The SMILES string of the molecule is CCC(C)C(=O)[O-].COC1C(O)C(OC2C3COC2C(OS(=O)(=O)[O-])C(C)O3)OC(CO)C1OS(=O)(=O)[O-].[Na+].[Na+].[Na+]. The van der Waals surface area contributed by atoms with E-state index in [0.717, 1.165) is 7.11 Å². The summed E-state index contributed by atoms with van der Waals surface area (Å²) >= 11 is 0. The number of carbonyl (C=O) groups excluding carboxylic acids is 1. The van der Waals surface area contributed by atoms with Gasteiger partial charge in [-0.3, -0.25) is 8.37 Å². The molecule has 3 aliphatic heterocycles. The van der Waals surface area contributed by atoms with E-state index in [-0.39, 0.29) is 101 Å². The second-order valence-electron chi connectivity index (χ2n) is 8.76. The van der Waals surface area contributed by atoms with Crippen molar-refractivity contribution in [2.45, 2.75) is 88.4 Å². The zero-order valence-electron chi connectivity index (χ0n) is 23.8. The minimum absolute atomic E-state index is 0. The topological polar surface area (TPSA) is 260 Å². The van der Waals surface area contributed by atoms with E-state index in [0.29, 0.717) is 6.42 Å². The first-order valence-corrected chi connectivity index (χ1v) is 14.1. The zero-order chi connectivity index (χ0) is 29.0. The summed E-state index contributed by atoms with van der Waals surface area (Å²) in [5, 5.41) is 29.9. The second-order valence-corrected chi connectivity index (χ2v) is 10.8. The van der Waals surface area contributed by atoms with Crippen LogP contribution in [0.2, 0.25) is 0 Å². The number of carbonyl (C=O) groups is 1. The van der Waals surface area contributed by atoms with Crippen molar-refractivity contribution >= 4 is 26.8 Å². The molecule has 0 spiro atoms. The molecule has 0 aliphatic carbocycles. The third-order valence-corrected chi connectivity index (χ3v) is 7.07. The largest absolute Gasteiger partial charge is 1.00 e. The summed E-state index contributed by atoms with van der Waals surface area (Å²) in [4.78, 5) is 9.82. The fraction of sp³-hybridized carbons (Fsp3) is 0.947. The van der Waals surface area contributed by atoms with Crippen LogP contribution < -0.4 is 93.8 Å². The standard InChI is InChI=1S/C14H24O15S2.C5H10O2.3Na/c1-5-9(28-30(17,18)19)13-10(7(25-5)4-24-13)27-14-8(16)12(23-2)11(6(3-15)26-14)29-31(20,21)22;1-3-4(2)5(6)7;;;/h5-16H,3-4H2,1-2H3,(H,17,18,19)(H,20,21,22);4H,3H2,1-2H3,(H,6,7);;;/q;;3*+1/p-3. The van der Waals surface area contributed by atoms with Gasteiger partial charge in [-0.15, -0.1) is 0 Å². The Balaban J connectivity index is 0. The molecule has 11 atom stereocenters. The summed E-state index contributed by atoms with van der Waals surface area (Å²) in [5.41, 5.74) is 0. The molecule has 3 fully saturated rings. The predicted octanol–water partition coefficient (Wildman–Crippen LogP) is -12.9. The van der Waals surface area contributed by atoms with E-state index in [4.69, 9.17) is 23.7 Å². The van der Waals surface area contributed by atoms with Gasteiger partial charge in [0.25, 0.3) is 0 Å². The molecule has 0 aromatic carbocycles. The van der Waals surface area contributed by atoms with Gasteiger partial charge in [-0.25, -0.2) is 16.8 Å². The molecule has 0 saturated carbocycles. The van der Waals surface area contributed by atoms with Crippen LogP contribution in [0.15, 0.2) is 0 Å². The molecule has 0 aromatic heterocycles. The van der Waals surface area contributed by atoms with Crippen molar-refractivity contribution in [1.82, 2.24) is 0 Å². The summed E-state index contributed by atoms with van der Waals surface area (Å²) in [6.07, 6.45) is -12.3. The van der Waals surface area contributed by atoms with Crippen LogP contribution in [0, 0.1) is 5.92 Å². The molecule has 224 valence electrons. The number of rotatable bonds is 10. The molecule has 11 unspecified atom stereocenters. The first-order valence-electron chi connectivity index (χ1n) is 11.4. The molecule has 17 nitrogen and oxygen atoms in total. The Kier molecular flexibility index (Phi) is 21.5. The van der Waals surface area contributed by atoms with E-state index in [1.807, 2.05) is 6.92 Å². The Bertz CT molecular complexity index is 1000. The van der Waals surface area contributed by atoms with Gasteiger partial charge in [0.15, 0.2) is 6.29 Å². The van der Waals surface area contributed by atoms with Gasteiger partial charge in [0.2, 0.25) is 20.8 Å². The molecule has 41 heavy (non-hydrogen) atoms. The van der Waals surface area contributed by atoms with Crippen molar-refractivity contribution in [3.8, 4) is 0 Å². The summed E-state index contributed by atoms with van der Waals surface area (Å²) < 4.78 is 102. The van der Waals surface area contributed by atoms with Crippen molar-refractivity contribution in [2.24, 2.45) is 5.92 Å². The van der Waals surface area contributed by atoms with Crippen LogP contribution in [0.3, 0.4) is 0 Å². The maximum absolute atomic E-state index is 11.1. The molecule has 3 saturated heterocycles. The van der Waals surface area contributed by atoms with E-state index in [1.165, 1.54) is 6.92 Å². The summed E-state index contributed by atoms with van der Waals surface area (Å²) in [6, 6.07) is 0. The van der Waals surface area contributed by atoms with Gasteiger partial charge in [-0.2, -0.15) is 0 Å². The number of hydrogen-bond donors (Lipinski definition) is 2. The third kappa shape index (κ3) is 13.3. The molecular formula is C19H31Na3O17S2.